The molecule has 1 aliphatic rings. The molecule has 0 unspecified atom stereocenters. The predicted molar refractivity (Wildman–Crippen MR) is 66.6 cm³/mol. The van der Waals surface area contributed by atoms with Crippen molar-refractivity contribution in [3.8, 4) is 0 Å². The van der Waals surface area contributed by atoms with Crippen LogP contribution in [-0.2, 0) is 24.4 Å². The first kappa shape index (κ1) is 20.6. The molecule has 0 N–H and O–H groups in total. The van der Waals surface area contributed by atoms with Crippen LogP contribution in [0, 0.1) is 5.41 Å². The van der Waals surface area contributed by atoms with Gasteiger partial charge in [0, 0.05) is 0 Å². The molecule has 0 aromatic carbocycles. The molecule has 0 aliphatic heterocycles. The quantitative estimate of drug-likeness (QED) is 0.506. The molecule has 0 atom stereocenters. The predicted octanol–water partition coefficient (Wildman–Crippen LogP) is 4.45. The first-order valence-corrected chi connectivity index (χ1v) is 5.80. The minimum Gasteiger partial charge on any atom is -0.147 e. The molecule has 0 nitrogen and oxygen atoms in total. The molecule has 1 rings (SSSR count). The van der Waals surface area contributed by atoms with Crippen molar-refractivity contribution in [2.45, 2.75) is 34.6 Å². The molecule has 83 valence electrons. The summed E-state index contributed by atoms with van der Waals surface area (Å²) < 4.78 is 1.67. The Morgan fingerprint density at radius 3 is 1.29 bits per heavy atom. The van der Waals surface area contributed by atoms with Gasteiger partial charge in [-0.25, -0.2) is 0 Å². The van der Waals surface area contributed by atoms with Gasteiger partial charge in [-0.1, -0.05) is 0 Å². The monoisotopic (exact) mass is 423 g/mol. The van der Waals surface area contributed by atoms with Crippen LogP contribution in [0.15, 0.2) is 20.0 Å². The van der Waals surface area contributed by atoms with E-state index in [1.807, 2.05) is 0 Å². The molecule has 1 aliphatic carbocycles. The molecule has 0 heterocycles. The average Bonchev–Trinajstić information content (AvgIpc) is 2.06. The second-order valence-corrected chi connectivity index (χ2v) is 5.67. The third-order valence-corrected chi connectivity index (χ3v) is 6.66. The van der Waals surface area contributed by atoms with E-state index in [1.165, 1.54) is 29.9 Å². The van der Waals surface area contributed by atoms with Crippen molar-refractivity contribution in [1.82, 2.24) is 0 Å². The molecule has 0 radical (unpaired) electrons. The fraction of sp³-hybridized carbons (Fsp3) is 0.600. The van der Waals surface area contributed by atoms with Gasteiger partial charge in [-0.05, 0) is 0 Å². The first-order chi connectivity index (χ1) is 4.89. The molecule has 0 fully saturated rings. The summed E-state index contributed by atoms with van der Waals surface area (Å²) in [5.41, 5.74) is 5.03. The number of allylic oxidation sites excluding steroid dienone is 4. The zero-order chi connectivity index (χ0) is 8.81. The molecule has 0 saturated heterocycles. The Morgan fingerprint density at radius 2 is 1.21 bits per heavy atom. The van der Waals surface area contributed by atoms with Crippen molar-refractivity contribution in [3.05, 3.63) is 20.0 Å². The van der Waals surface area contributed by atoms with Crippen LogP contribution < -0.4 is 0 Å². The minimum absolute atomic E-state index is 0. The van der Waals surface area contributed by atoms with Crippen molar-refractivity contribution < 1.29 is 24.4 Å². The van der Waals surface area contributed by atoms with E-state index in [9.17, 15) is 0 Å². The molecule has 0 amide bonds. The smallest absolute Gasteiger partial charge is 0.147 e. The van der Waals surface area contributed by atoms with Crippen molar-refractivity contribution >= 4 is 37.2 Å². The summed E-state index contributed by atoms with van der Waals surface area (Å²) in [5.74, 6) is 0. The third-order valence-electron chi connectivity index (χ3n) is 3.06. The number of halogens is 3. The maximum Gasteiger partial charge on any atom is -0.147 e. The summed E-state index contributed by atoms with van der Waals surface area (Å²) in [5, 5.41) is 0. The van der Waals surface area contributed by atoms with Crippen LogP contribution in [0.5, 0.6) is 0 Å². The van der Waals surface area contributed by atoms with Gasteiger partial charge in [0.05, 0.1) is 0 Å². The SMILES string of the molecule is CC1=C(C)C(C)(C)[C]([Hf])=C1C.Cl.Cl.Cl. The summed E-state index contributed by atoms with van der Waals surface area (Å²) in [4.78, 5) is 0. The van der Waals surface area contributed by atoms with Gasteiger partial charge in [-0.15, -0.1) is 37.2 Å². The largest absolute Gasteiger partial charge is 0.147 e. The van der Waals surface area contributed by atoms with E-state index < -0.39 is 0 Å². The van der Waals surface area contributed by atoms with Crippen molar-refractivity contribution in [2.24, 2.45) is 5.41 Å². The molecule has 0 spiro atoms. The Morgan fingerprint density at radius 1 is 0.857 bits per heavy atom. The summed E-state index contributed by atoms with van der Waals surface area (Å²) in [6, 6.07) is 0. The summed E-state index contributed by atoms with van der Waals surface area (Å²) >= 11 is 1.21. The summed E-state index contributed by atoms with van der Waals surface area (Å²) in [6.45, 7) is 11.5. The Balaban J connectivity index is -0.000000403. The Labute approximate surface area is 121 Å². The molecule has 4 heteroatoms. The van der Waals surface area contributed by atoms with Crippen LogP contribution in [-0.4, -0.2) is 0 Å². The number of rotatable bonds is 0. The van der Waals surface area contributed by atoms with E-state index in [-0.39, 0.29) is 37.2 Å². The summed E-state index contributed by atoms with van der Waals surface area (Å²) in [6.07, 6.45) is 0. The molecule has 0 aromatic heterocycles. The summed E-state index contributed by atoms with van der Waals surface area (Å²) in [7, 11) is 0. The van der Waals surface area contributed by atoms with Gasteiger partial charge in [0.1, 0.15) is 0 Å². The van der Waals surface area contributed by atoms with E-state index in [0.29, 0.717) is 5.41 Å². The minimum atomic E-state index is 0. The first-order valence-electron chi connectivity index (χ1n) is 4.00. The van der Waals surface area contributed by atoms with Crippen LogP contribution in [0.2, 0.25) is 0 Å². The van der Waals surface area contributed by atoms with Gasteiger partial charge in [0.25, 0.3) is 0 Å². The number of hydrogen-bond acceptors (Lipinski definition) is 0. The van der Waals surface area contributed by atoms with Gasteiger partial charge in [0.15, 0.2) is 0 Å². The second-order valence-electron chi connectivity index (χ2n) is 3.88. The van der Waals surface area contributed by atoms with Gasteiger partial charge >= 0.3 is 84.5 Å². The van der Waals surface area contributed by atoms with Gasteiger partial charge in [0.2, 0.25) is 0 Å². The molecular formula is C10H18Cl3Hf. The van der Waals surface area contributed by atoms with Crippen LogP contribution in [0.25, 0.3) is 0 Å². The standard InChI is InChI=1S/C10H15.3ClH.Hf/c1-7-6-10(4,5)9(3)8(7)2;;;;/h1-5H3;3*1H;. The Hall–Kier alpha value is 1.22. The normalized spacial score (nSPS) is 18.3. The second kappa shape index (κ2) is 6.73. The molecule has 0 saturated carbocycles. The maximum atomic E-state index is 2.34. The Bertz CT molecular complexity index is 239. The molecule has 0 aromatic rings. The van der Waals surface area contributed by atoms with E-state index in [1.54, 1.807) is 14.5 Å². The fourth-order valence-electron chi connectivity index (χ4n) is 1.59. The molecule has 14 heavy (non-hydrogen) atoms. The zero-order valence-corrected chi connectivity index (χ0v) is 15.3. The van der Waals surface area contributed by atoms with Crippen molar-refractivity contribution in [3.63, 3.8) is 0 Å². The van der Waals surface area contributed by atoms with Gasteiger partial charge < -0.3 is 0 Å². The van der Waals surface area contributed by atoms with Gasteiger partial charge in [-0.3, -0.25) is 0 Å². The topological polar surface area (TPSA) is 0 Å². The van der Waals surface area contributed by atoms with Crippen molar-refractivity contribution in [2.75, 3.05) is 0 Å². The van der Waals surface area contributed by atoms with Crippen LogP contribution >= 0.6 is 37.2 Å². The number of hydrogen-bond donors (Lipinski definition) is 0. The van der Waals surface area contributed by atoms with Crippen LogP contribution in [0.1, 0.15) is 34.6 Å². The zero-order valence-electron chi connectivity index (χ0n) is 9.22. The van der Waals surface area contributed by atoms with Crippen molar-refractivity contribution in [1.29, 1.82) is 0 Å². The third kappa shape index (κ3) is 3.10. The average molecular weight is 423 g/mol. The van der Waals surface area contributed by atoms with Crippen LogP contribution in [0.4, 0.5) is 0 Å². The van der Waals surface area contributed by atoms with E-state index in [2.05, 4.69) is 34.6 Å². The fourth-order valence-corrected chi connectivity index (χ4v) is 2.94. The molecular weight excluding hydrogens is 405 g/mol. The van der Waals surface area contributed by atoms with Crippen LogP contribution in [0.3, 0.4) is 0 Å². The van der Waals surface area contributed by atoms with E-state index in [4.69, 9.17) is 0 Å². The maximum absolute atomic E-state index is 2.34. The van der Waals surface area contributed by atoms with E-state index in [0.717, 1.165) is 0 Å². The van der Waals surface area contributed by atoms with E-state index >= 15 is 0 Å². The Kier molecular flexibility index (Phi) is 9.90. The molecule has 0 bridgehead atoms. The van der Waals surface area contributed by atoms with Gasteiger partial charge in [-0.2, -0.15) is 0 Å².